The van der Waals surface area contributed by atoms with Crippen molar-refractivity contribution in [1.29, 1.82) is 0 Å². The molecule has 1 N–H and O–H groups in total. The molecule has 0 spiro atoms. The number of nitrogens with zero attached hydrogens (tertiary/aromatic N) is 2. The van der Waals surface area contributed by atoms with Crippen LogP contribution in [0.5, 0.6) is 5.75 Å². The topological polar surface area (TPSA) is 77.0 Å². The number of aromatic nitrogens is 3. The van der Waals surface area contributed by atoms with Crippen LogP contribution in [-0.2, 0) is 6.54 Å². The molecule has 0 saturated carbocycles. The number of aryl methyl sites for hydroxylation is 1. The number of aromatic amines is 1. The standard InChI is InChI=1S/C22H20ClN3O3S/c1-3-8-29-19-10-24-16(9-18(19)27)11-26-13(2)25-21-20(22(26)28)17(12-30-21)14-4-6-15(23)7-5-14/h4-7,9-10,12H,3,8,11H2,1-2H3,(H,24,27). The number of ether oxygens (including phenoxy) is 1. The summed E-state index contributed by atoms with van der Waals surface area (Å²) in [7, 11) is 0. The zero-order chi connectivity index (χ0) is 21.3. The van der Waals surface area contributed by atoms with Gasteiger partial charge in [-0.1, -0.05) is 30.7 Å². The minimum atomic E-state index is -0.214. The Balaban J connectivity index is 1.75. The molecule has 0 atom stereocenters. The van der Waals surface area contributed by atoms with E-state index in [2.05, 4.69) is 9.97 Å². The Morgan fingerprint density at radius 2 is 2.00 bits per heavy atom. The number of thiophene rings is 1. The number of rotatable bonds is 6. The molecule has 0 saturated heterocycles. The minimum absolute atomic E-state index is 0.143. The van der Waals surface area contributed by atoms with Gasteiger partial charge in [0.15, 0.2) is 5.75 Å². The van der Waals surface area contributed by atoms with Gasteiger partial charge in [0.1, 0.15) is 10.7 Å². The zero-order valence-corrected chi connectivity index (χ0v) is 18.1. The molecule has 4 aromatic rings. The first kappa shape index (κ1) is 20.4. The Morgan fingerprint density at radius 3 is 2.70 bits per heavy atom. The molecule has 6 nitrogen and oxygen atoms in total. The van der Waals surface area contributed by atoms with Gasteiger partial charge in [-0.2, -0.15) is 0 Å². The van der Waals surface area contributed by atoms with Crippen LogP contribution in [0.25, 0.3) is 21.3 Å². The van der Waals surface area contributed by atoms with Gasteiger partial charge in [0, 0.05) is 33.9 Å². The average molecular weight is 442 g/mol. The van der Waals surface area contributed by atoms with E-state index in [9.17, 15) is 9.59 Å². The number of hydrogen-bond acceptors (Lipinski definition) is 5. The molecule has 0 unspecified atom stereocenters. The third-order valence-electron chi connectivity index (χ3n) is 4.77. The highest BCUT2D eigenvalue weighted by atomic mass is 35.5. The fraction of sp³-hybridized carbons (Fsp3) is 0.227. The summed E-state index contributed by atoms with van der Waals surface area (Å²) in [6.45, 7) is 4.46. The predicted molar refractivity (Wildman–Crippen MR) is 121 cm³/mol. The van der Waals surface area contributed by atoms with Crippen LogP contribution in [0.4, 0.5) is 0 Å². The van der Waals surface area contributed by atoms with Gasteiger partial charge in [-0.3, -0.25) is 14.2 Å². The van der Waals surface area contributed by atoms with Gasteiger partial charge < -0.3 is 9.72 Å². The molecule has 0 aliphatic heterocycles. The normalized spacial score (nSPS) is 11.2. The fourth-order valence-corrected chi connectivity index (χ4v) is 4.35. The first-order chi connectivity index (χ1) is 14.5. The molecule has 3 aromatic heterocycles. The molecular weight excluding hydrogens is 422 g/mol. The highest BCUT2D eigenvalue weighted by molar-refractivity contribution is 7.17. The van der Waals surface area contributed by atoms with Gasteiger partial charge in [-0.25, -0.2) is 4.98 Å². The number of H-pyrrole nitrogens is 1. The fourth-order valence-electron chi connectivity index (χ4n) is 3.24. The van der Waals surface area contributed by atoms with Crippen LogP contribution in [0.2, 0.25) is 5.02 Å². The number of halogens is 1. The van der Waals surface area contributed by atoms with Crippen LogP contribution < -0.4 is 15.7 Å². The van der Waals surface area contributed by atoms with Crippen molar-refractivity contribution in [3.8, 4) is 16.9 Å². The van der Waals surface area contributed by atoms with Crippen molar-refractivity contribution >= 4 is 33.2 Å². The lowest BCUT2D eigenvalue weighted by Gasteiger charge is -2.11. The van der Waals surface area contributed by atoms with Crippen molar-refractivity contribution in [3.63, 3.8) is 0 Å². The number of fused-ring (bicyclic) bond motifs is 1. The molecule has 0 amide bonds. The van der Waals surface area contributed by atoms with Crippen LogP contribution in [0.3, 0.4) is 0 Å². The maximum absolute atomic E-state index is 13.4. The predicted octanol–water partition coefficient (Wildman–Crippen LogP) is 4.61. The van der Waals surface area contributed by atoms with Crippen molar-refractivity contribution in [2.75, 3.05) is 6.61 Å². The number of hydrogen-bond donors (Lipinski definition) is 1. The van der Waals surface area contributed by atoms with E-state index in [-0.39, 0.29) is 23.3 Å². The Hall–Kier alpha value is -2.90. The van der Waals surface area contributed by atoms with Crippen LogP contribution in [0.15, 0.2) is 51.5 Å². The molecule has 3 heterocycles. The summed E-state index contributed by atoms with van der Waals surface area (Å²) in [5.41, 5.74) is 1.99. The summed E-state index contributed by atoms with van der Waals surface area (Å²) in [5, 5.41) is 3.14. The van der Waals surface area contributed by atoms with E-state index in [0.29, 0.717) is 33.4 Å². The first-order valence-electron chi connectivity index (χ1n) is 9.57. The van der Waals surface area contributed by atoms with E-state index in [1.54, 1.807) is 29.8 Å². The molecule has 0 fully saturated rings. The minimum Gasteiger partial charge on any atom is -0.488 e. The average Bonchev–Trinajstić information content (AvgIpc) is 3.15. The molecule has 154 valence electrons. The van der Waals surface area contributed by atoms with Crippen LogP contribution in [-0.4, -0.2) is 21.1 Å². The molecular formula is C22H20ClN3O3S. The molecule has 0 bridgehead atoms. The van der Waals surface area contributed by atoms with E-state index in [0.717, 1.165) is 17.5 Å². The molecule has 4 rings (SSSR count). The van der Waals surface area contributed by atoms with E-state index in [1.807, 2.05) is 24.4 Å². The van der Waals surface area contributed by atoms with E-state index >= 15 is 0 Å². The largest absolute Gasteiger partial charge is 0.488 e. The Kier molecular flexibility index (Phi) is 5.74. The molecule has 1 aromatic carbocycles. The number of benzene rings is 1. The van der Waals surface area contributed by atoms with Crippen molar-refractivity contribution in [2.45, 2.75) is 26.8 Å². The van der Waals surface area contributed by atoms with Gasteiger partial charge in [-0.15, -0.1) is 11.3 Å². The Bertz CT molecular complexity index is 1320. The third kappa shape index (κ3) is 3.91. The van der Waals surface area contributed by atoms with Crippen molar-refractivity contribution < 1.29 is 4.74 Å². The monoisotopic (exact) mass is 441 g/mol. The second kappa shape index (κ2) is 8.45. The summed E-state index contributed by atoms with van der Waals surface area (Å²) < 4.78 is 7.00. The van der Waals surface area contributed by atoms with E-state index < -0.39 is 0 Å². The van der Waals surface area contributed by atoms with Gasteiger partial charge in [0.05, 0.1) is 18.5 Å². The highest BCUT2D eigenvalue weighted by Crippen LogP contribution is 2.31. The number of pyridine rings is 1. The third-order valence-corrected chi connectivity index (χ3v) is 5.89. The van der Waals surface area contributed by atoms with E-state index in [1.165, 1.54) is 17.4 Å². The van der Waals surface area contributed by atoms with Crippen molar-refractivity contribution in [3.05, 3.63) is 79.0 Å². The first-order valence-corrected chi connectivity index (χ1v) is 10.8. The summed E-state index contributed by atoms with van der Waals surface area (Å²) in [6, 6.07) is 8.84. The highest BCUT2D eigenvalue weighted by Gasteiger charge is 2.16. The lowest BCUT2D eigenvalue weighted by atomic mass is 10.1. The summed E-state index contributed by atoms with van der Waals surface area (Å²) >= 11 is 7.43. The van der Waals surface area contributed by atoms with Gasteiger partial charge in [-0.05, 0) is 31.0 Å². The lowest BCUT2D eigenvalue weighted by Crippen LogP contribution is -2.25. The van der Waals surface area contributed by atoms with Crippen LogP contribution in [0, 0.1) is 6.92 Å². The molecule has 30 heavy (non-hydrogen) atoms. The van der Waals surface area contributed by atoms with E-state index in [4.69, 9.17) is 16.3 Å². The maximum Gasteiger partial charge on any atom is 0.263 e. The summed E-state index contributed by atoms with van der Waals surface area (Å²) in [5.74, 6) is 0.866. The van der Waals surface area contributed by atoms with Crippen molar-refractivity contribution in [1.82, 2.24) is 14.5 Å². The smallest absolute Gasteiger partial charge is 0.263 e. The molecule has 0 aliphatic rings. The second-order valence-corrected chi connectivity index (χ2v) is 8.22. The molecule has 0 aliphatic carbocycles. The SMILES string of the molecule is CCCOc1c[nH]c(Cn2c(C)nc3scc(-c4ccc(Cl)cc4)c3c2=O)cc1=O. The molecule has 0 radical (unpaired) electrons. The Morgan fingerprint density at radius 1 is 1.23 bits per heavy atom. The quantitative estimate of drug-likeness (QED) is 0.474. The summed E-state index contributed by atoms with van der Waals surface area (Å²) in [6.07, 6.45) is 2.36. The molecule has 8 heteroatoms. The second-order valence-electron chi connectivity index (χ2n) is 6.92. The van der Waals surface area contributed by atoms with Gasteiger partial charge in [0.25, 0.3) is 5.56 Å². The lowest BCUT2D eigenvalue weighted by molar-refractivity contribution is 0.313. The maximum atomic E-state index is 13.4. The van der Waals surface area contributed by atoms with Gasteiger partial charge >= 0.3 is 0 Å². The van der Waals surface area contributed by atoms with Crippen LogP contribution in [0.1, 0.15) is 24.9 Å². The summed E-state index contributed by atoms with van der Waals surface area (Å²) in [4.78, 5) is 34.0. The zero-order valence-electron chi connectivity index (χ0n) is 16.6. The van der Waals surface area contributed by atoms with Crippen molar-refractivity contribution in [2.24, 2.45) is 0 Å². The van der Waals surface area contributed by atoms with Crippen LogP contribution >= 0.6 is 22.9 Å². The Labute approximate surface area is 181 Å². The van der Waals surface area contributed by atoms with Gasteiger partial charge in [0.2, 0.25) is 5.43 Å². The number of nitrogens with one attached hydrogen (secondary N) is 1.